The second-order valence-electron chi connectivity index (χ2n) is 5.48. The van der Waals surface area contributed by atoms with Gasteiger partial charge >= 0.3 is 6.09 Å². The first kappa shape index (κ1) is 17.2. The predicted molar refractivity (Wildman–Crippen MR) is 94.4 cm³/mol. The Labute approximate surface area is 148 Å². The van der Waals surface area contributed by atoms with Crippen molar-refractivity contribution in [1.29, 1.82) is 0 Å². The molecule has 1 amide bonds. The first-order valence-corrected chi connectivity index (χ1v) is 8.09. The Morgan fingerprint density at radius 3 is 2.64 bits per heavy atom. The third-order valence-electron chi connectivity index (χ3n) is 3.70. The highest BCUT2D eigenvalue weighted by molar-refractivity contribution is 6.31. The van der Waals surface area contributed by atoms with Crippen LogP contribution in [-0.4, -0.2) is 47.3 Å². The number of fused-ring (bicyclic) bond motifs is 2. The third-order valence-corrected chi connectivity index (χ3v) is 3.94. The SMILES string of the molecule is O=C(O)N1CCNCC1.O=c1ccc2nc3cc(Cl)ccc3oc-2c1. The Balaban J connectivity index is 0.000000173. The summed E-state index contributed by atoms with van der Waals surface area (Å²) in [5, 5.41) is 12.1. The fourth-order valence-electron chi connectivity index (χ4n) is 2.44. The lowest BCUT2D eigenvalue weighted by molar-refractivity contribution is 0.139. The molecule has 4 rings (SSSR count). The van der Waals surface area contributed by atoms with Crippen molar-refractivity contribution in [2.45, 2.75) is 0 Å². The Bertz CT molecular complexity index is 921. The maximum atomic E-state index is 11.2. The van der Waals surface area contributed by atoms with Gasteiger partial charge in [-0.1, -0.05) is 11.6 Å². The minimum absolute atomic E-state index is 0.0913. The molecule has 2 N–H and O–H groups in total. The first-order valence-electron chi connectivity index (χ1n) is 7.72. The fraction of sp³-hybridized carbons (Fsp3) is 0.235. The van der Waals surface area contributed by atoms with Gasteiger partial charge in [-0.05, 0) is 30.3 Å². The molecule has 1 aromatic rings. The maximum absolute atomic E-state index is 11.2. The van der Waals surface area contributed by atoms with E-state index in [2.05, 4.69) is 10.3 Å². The number of carbonyl (C=O) groups is 1. The minimum Gasteiger partial charge on any atom is -0.465 e. The zero-order chi connectivity index (χ0) is 17.8. The monoisotopic (exact) mass is 361 g/mol. The molecule has 0 spiro atoms. The van der Waals surface area contributed by atoms with E-state index in [1.165, 1.54) is 17.0 Å². The van der Waals surface area contributed by atoms with Crippen LogP contribution in [0.15, 0.2) is 45.6 Å². The largest absolute Gasteiger partial charge is 0.465 e. The molecule has 1 aliphatic carbocycles. The van der Waals surface area contributed by atoms with Crippen molar-refractivity contribution in [1.82, 2.24) is 15.2 Å². The molecule has 0 radical (unpaired) electrons. The zero-order valence-corrected chi connectivity index (χ0v) is 14.0. The van der Waals surface area contributed by atoms with Gasteiger partial charge in [0.25, 0.3) is 0 Å². The summed E-state index contributed by atoms with van der Waals surface area (Å²) in [6, 6.07) is 9.72. The summed E-state index contributed by atoms with van der Waals surface area (Å²) in [6.45, 7) is 2.81. The summed E-state index contributed by atoms with van der Waals surface area (Å²) in [7, 11) is 0. The first-order chi connectivity index (χ1) is 12.0. The highest BCUT2D eigenvalue weighted by Gasteiger charge is 2.13. The van der Waals surface area contributed by atoms with E-state index < -0.39 is 6.09 Å². The highest BCUT2D eigenvalue weighted by Crippen LogP contribution is 2.25. The summed E-state index contributed by atoms with van der Waals surface area (Å²) in [5.74, 6) is 0.488. The summed E-state index contributed by atoms with van der Waals surface area (Å²) >= 11 is 5.86. The summed E-state index contributed by atoms with van der Waals surface area (Å²) in [4.78, 5) is 27.2. The fourth-order valence-corrected chi connectivity index (χ4v) is 2.60. The van der Waals surface area contributed by atoms with E-state index in [9.17, 15) is 9.59 Å². The minimum atomic E-state index is -0.809. The van der Waals surface area contributed by atoms with Crippen molar-refractivity contribution in [2.24, 2.45) is 0 Å². The van der Waals surface area contributed by atoms with E-state index in [-0.39, 0.29) is 5.43 Å². The van der Waals surface area contributed by atoms with Gasteiger partial charge in [-0.25, -0.2) is 9.78 Å². The van der Waals surface area contributed by atoms with Crippen molar-refractivity contribution in [2.75, 3.05) is 26.2 Å². The normalized spacial score (nSPS) is 14.2. The summed E-state index contributed by atoms with van der Waals surface area (Å²) in [6.07, 6.45) is -0.809. The van der Waals surface area contributed by atoms with Gasteiger partial charge in [0.15, 0.2) is 16.8 Å². The van der Waals surface area contributed by atoms with Crippen molar-refractivity contribution in [3.63, 3.8) is 0 Å². The van der Waals surface area contributed by atoms with Crippen LogP contribution < -0.4 is 10.7 Å². The number of nitrogens with zero attached hydrogens (tertiary/aromatic N) is 2. The lowest BCUT2D eigenvalue weighted by Gasteiger charge is -2.23. The Kier molecular flexibility index (Phi) is 5.16. The van der Waals surface area contributed by atoms with E-state index in [1.807, 2.05) is 0 Å². The molecular formula is C17H16ClN3O4. The molecule has 1 fully saturated rings. The number of hydrogen-bond donors (Lipinski definition) is 2. The van der Waals surface area contributed by atoms with Gasteiger partial charge in [-0.2, -0.15) is 0 Å². The van der Waals surface area contributed by atoms with Gasteiger partial charge in [-0.3, -0.25) is 4.79 Å². The quantitative estimate of drug-likeness (QED) is 0.597. The molecule has 8 heteroatoms. The predicted octanol–water partition coefficient (Wildman–Crippen LogP) is 2.52. The van der Waals surface area contributed by atoms with Gasteiger partial charge < -0.3 is 19.7 Å². The molecule has 7 nitrogen and oxygen atoms in total. The van der Waals surface area contributed by atoms with Gasteiger partial charge in [-0.15, -0.1) is 0 Å². The Morgan fingerprint density at radius 2 is 1.96 bits per heavy atom. The molecule has 0 unspecified atom stereocenters. The molecule has 0 bridgehead atoms. The van der Waals surface area contributed by atoms with Crippen LogP contribution in [-0.2, 0) is 0 Å². The molecule has 0 aromatic heterocycles. The summed E-state index contributed by atoms with van der Waals surface area (Å²) < 4.78 is 5.56. The number of amides is 1. The van der Waals surface area contributed by atoms with Crippen LogP contribution in [0.3, 0.4) is 0 Å². The number of halogens is 1. The zero-order valence-electron chi connectivity index (χ0n) is 13.2. The molecule has 25 heavy (non-hydrogen) atoms. The number of carboxylic acid groups (broad SMARTS) is 1. The molecular weight excluding hydrogens is 346 g/mol. The van der Waals surface area contributed by atoms with Crippen molar-refractivity contribution < 1.29 is 14.3 Å². The summed E-state index contributed by atoms with van der Waals surface area (Å²) in [5.41, 5.74) is 1.85. The van der Waals surface area contributed by atoms with Crippen molar-refractivity contribution >= 4 is 28.8 Å². The maximum Gasteiger partial charge on any atom is 0.407 e. The molecule has 1 aromatic carbocycles. The third kappa shape index (κ3) is 4.26. The number of benzene rings is 2. The van der Waals surface area contributed by atoms with Crippen LogP contribution in [0.1, 0.15) is 0 Å². The average Bonchev–Trinajstić information content (AvgIpc) is 2.61. The van der Waals surface area contributed by atoms with Crippen LogP contribution in [0.5, 0.6) is 0 Å². The van der Waals surface area contributed by atoms with E-state index in [0.29, 0.717) is 40.7 Å². The Hall–Kier alpha value is -2.64. The van der Waals surface area contributed by atoms with Crippen LogP contribution in [0.2, 0.25) is 5.02 Å². The van der Waals surface area contributed by atoms with Gasteiger partial charge in [0.1, 0.15) is 11.2 Å². The van der Waals surface area contributed by atoms with Gasteiger partial charge in [0.2, 0.25) is 0 Å². The Morgan fingerprint density at radius 1 is 1.20 bits per heavy atom. The molecule has 3 aliphatic rings. The number of hydrogen-bond acceptors (Lipinski definition) is 5. The van der Waals surface area contributed by atoms with Gasteiger partial charge in [0.05, 0.1) is 0 Å². The second-order valence-corrected chi connectivity index (χ2v) is 5.91. The molecule has 2 aliphatic heterocycles. The van der Waals surface area contributed by atoms with Crippen LogP contribution >= 0.6 is 11.6 Å². The lowest BCUT2D eigenvalue weighted by atomic mass is 10.2. The topological polar surface area (TPSA) is 95.7 Å². The standard InChI is InChI=1S/C12H6ClNO2.C5H10N2O2/c13-7-1-4-11-10(5-7)14-9-3-2-8(15)6-12(9)16-11;8-5(9)7-3-1-6-2-4-7/h1-6H;6H,1-4H2,(H,8,9). The van der Waals surface area contributed by atoms with Crippen molar-refractivity contribution in [3.8, 4) is 11.5 Å². The van der Waals surface area contributed by atoms with Crippen LogP contribution in [0, 0.1) is 0 Å². The smallest absolute Gasteiger partial charge is 0.407 e. The second kappa shape index (κ2) is 7.50. The van der Waals surface area contributed by atoms with Gasteiger partial charge in [0, 0.05) is 37.3 Å². The molecule has 1 saturated heterocycles. The molecule has 2 heterocycles. The number of aromatic nitrogens is 1. The number of piperazine rings is 1. The van der Waals surface area contributed by atoms with E-state index in [1.54, 1.807) is 24.3 Å². The molecule has 130 valence electrons. The van der Waals surface area contributed by atoms with Crippen LogP contribution in [0.4, 0.5) is 4.79 Å². The van der Waals surface area contributed by atoms with E-state index in [4.69, 9.17) is 21.1 Å². The number of rotatable bonds is 0. The lowest BCUT2D eigenvalue weighted by Crippen LogP contribution is -2.45. The average molecular weight is 362 g/mol. The van der Waals surface area contributed by atoms with Crippen LogP contribution in [0.25, 0.3) is 22.6 Å². The highest BCUT2D eigenvalue weighted by atomic mass is 35.5. The van der Waals surface area contributed by atoms with E-state index >= 15 is 0 Å². The van der Waals surface area contributed by atoms with E-state index in [0.717, 1.165) is 13.1 Å². The number of nitrogens with one attached hydrogen (secondary N) is 1. The molecule has 0 atom stereocenters. The molecule has 0 saturated carbocycles. The van der Waals surface area contributed by atoms with Crippen molar-refractivity contribution in [3.05, 3.63) is 51.6 Å².